The number of halogens is 3. The Morgan fingerprint density at radius 2 is 1.92 bits per heavy atom. The van der Waals surface area contributed by atoms with Gasteiger partial charge in [-0.15, -0.1) is 11.3 Å². The zero-order valence-corrected chi connectivity index (χ0v) is 14.3. The molecule has 0 saturated carbocycles. The average molecular weight is 377 g/mol. The lowest BCUT2D eigenvalue weighted by Crippen LogP contribution is -2.06. The van der Waals surface area contributed by atoms with Crippen LogP contribution >= 0.6 is 11.3 Å². The van der Waals surface area contributed by atoms with Crippen LogP contribution in [0, 0.1) is 0 Å². The van der Waals surface area contributed by atoms with Crippen LogP contribution in [0.5, 0.6) is 0 Å². The third-order valence-corrected chi connectivity index (χ3v) is 4.88. The first-order chi connectivity index (χ1) is 12.3. The number of rotatable bonds is 5. The number of nitrogens with zero attached hydrogens (tertiary/aromatic N) is 1. The number of aliphatic carboxylic acids is 1. The van der Waals surface area contributed by atoms with Crippen molar-refractivity contribution < 1.29 is 23.1 Å². The zero-order valence-electron chi connectivity index (χ0n) is 13.5. The Kier molecular flexibility index (Phi) is 5.08. The number of hydrogen-bond acceptors (Lipinski definition) is 3. The highest BCUT2D eigenvalue weighted by Gasteiger charge is 2.33. The van der Waals surface area contributed by atoms with Gasteiger partial charge in [-0.2, -0.15) is 13.2 Å². The minimum atomic E-state index is -4.41. The molecule has 1 heterocycles. The summed E-state index contributed by atoms with van der Waals surface area (Å²) in [6.45, 7) is 0.182. The van der Waals surface area contributed by atoms with Gasteiger partial charge >= 0.3 is 12.1 Å². The molecule has 0 bridgehead atoms. The minimum Gasteiger partial charge on any atom is -0.481 e. The Labute approximate surface area is 151 Å². The van der Waals surface area contributed by atoms with Crippen molar-refractivity contribution in [2.45, 2.75) is 12.6 Å². The fourth-order valence-corrected chi connectivity index (χ4v) is 3.63. The fraction of sp³-hybridized carbons (Fsp3) is 0.158. The quantitative estimate of drug-likeness (QED) is 0.599. The molecular weight excluding hydrogens is 363 g/mol. The highest BCUT2D eigenvalue weighted by Crippen LogP contribution is 2.41. The van der Waals surface area contributed by atoms with Gasteiger partial charge in [-0.1, -0.05) is 24.3 Å². The minimum absolute atomic E-state index is 0.0461. The van der Waals surface area contributed by atoms with Crippen LogP contribution in [-0.2, 0) is 11.0 Å². The molecule has 1 aromatic heterocycles. The highest BCUT2D eigenvalue weighted by atomic mass is 32.1. The van der Waals surface area contributed by atoms with Crippen molar-refractivity contribution in [3.8, 4) is 10.4 Å². The van der Waals surface area contributed by atoms with Crippen LogP contribution in [0.25, 0.3) is 20.5 Å². The van der Waals surface area contributed by atoms with Crippen molar-refractivity contribution in [3.63, 3.8) is 0 Å². The molecule has 0 aliphatic rings. The van der Waals surface area contributed by atoms with Crippen LogP contribution in [-0.4, -0.2) is 23.8 Å². The largest absolute Gasteiger partial charge is 0.481 e. The molecule has 7 heteroatoms. The van der Waals surface area contributed by atoms with Crippen molar-refractivity contribution in [1.82, 2.24) is 0 Å². The van der Waals surface area contributed by atoms with E-state index in [1.807, 2.05) is 18.2 Å². The van der Waals surface area contributed by atoms with Gasteiger partial charge in [0.2, 0.25) is 0 Å². The van der Waals surface area contributed by atoms with Gasteiger partial charge in [0.05, 0.1) is 12.0 Å². The van der Waals surface area contributed by atoms with Gasteiger partial charge in [0.1, 0.15) is 0 Å². The molecule has 0 unspecified atom stereocenters. The molecule has 0 amide bonds. The van der Waals surface area contributed by atoms with Crippen LogP contribution in [0.2, 0.25) is 0 Å². The van der Waals surface area contributed by atoms with Gasteiger partial charge in [-0.3, -0.25) is 9.79 Å². The number of benzene rings is 2. The maximum atomic E-state index is 13.2. The summed E-state index contributed by atoms with van der Waals surface area (Å²) in [4.78, 5) is 15.1. The van der Waals surface area contributed by atoms with Crippen molar-refractivity contribution >= 4 is 33.6 Å². The summed E-state index contributed by atoms with van der Waals surface area (Å²) in [6.07, 6.45) is -2.88. The summed E-state index contributed by atoms with van der Waals surface area (Å²) in [5, 5.41) is 9.41. The molecule has 0 radical (unpaired) electrons. The molecule has 0 spiro atoms. The third-order valence-electron chi connectivity index (χ3n) is 3.73. The number of hydrogen-bond donors (Lipinski definition) is 1. The van der Waals surface area contributed by atoms with E-state index < -0.39 is 17.7 Å². The van der Waals surface area contributed by atoms with Crippen LogP contribution in [0.3, 0.4) is 0 Å². The average Bonchev–Trinajstić information content (AvgIpc) is 3.01. The highest BCUT2D eigenvalue weighted by molar-refractivity contribution is 7.22. The van der Waals surface area contributed by atoms with E-state index in [0.717, 1.165) is 21.7 Å². The molecule has 0 fully saturated rings. The summed E-state index contributed by atoms with van der Waals surface area (Å²) in [5.41, 5.74) is 0.288. The Morgan fingerprint density at radius 1 is 1.15 bits per heavy atom. The molecule has 26 heavy (non-hydrogen) atoms. The van der Waals surface area contributed by atoms with Gasteiger partial charge in [-0.25, -0.2) is 0 Å². The molecular formula is C19H14F3NO2S. The molecule has 3 rings (SSSR count). The maximum Gasteiger partial charge on any atom is 0.417 e. The van der Waals surface area contributed by atoms with E-state index in [2.05, 4.69) is 4.99 Å². The lowest BCUT2D eigenvalue weighted by molar-refractivity contribution is -0.137. The van der Waals surface area contributed by atoms with Gasteiger partial charge in [0, 0.05) is 27.9 Å². The first kappa shape index (κ1) is 18.1. The van der Waals surface area contributed by atoms with E-state index in [-0.39, 0.29) is 18.5 Å². The predicted octanol–water partition coefficient (Wildman–Crippen LogP) is 5.48. The Bertz CT molecular complexity index is 976. The van der Waals surface area contributed by atoms with Crippen molar-refractivity contribution in [2.75, 3.05) is 6.54 Å². The number of fused-ring (bicyclic) bond motifs is 1. The van der Waals surface area contributed by atoms with Gasteiger partial charge in [0.15, 0.2) is 0 Å². The summed E-state index contributed by atoms with van der Waals surface area (Å²) in [5.74, 6) is -0.914. The predicted molar refractivity (Wildman–Crippen MR) is 97.0 cm³/mol. The second-order valence-electron chi connectivity index (χ2n) is 5.63. The molecule has 2 aromatic carbocycles. The smallest absolute Gasteiger partial charge is 0.417 e. The van der Waals surface area contributed by atoms with E-state index in [1.165, 1.54) is 23.5 Å². The number of carboxylic acids is 1. The second kappa shape index (κ2) is 7.29. The molecule has 0 aliphatic heterocycles. The van der Waals surface area contributed by atoms with E-state index in [1.54, 1.807) is 18.3 Å². The van der Waals surface area contributed by atoms with Gasteiger partial charge < -0.3 is 5.11 Å². The van der Waals surface area contributed by atoms with Crippen molar-refractivity contribution in [2.24, 2.45) is 4.99 Å². The first-order valence-electron chi connectivity index (χ1n) is 7.76. The standard InChI is InChI=1S/C19H14F3NO2S/c20-19(21,22)15-4-2-1-3-14(15)17-10-13-9-12(5-6-16(13)26-17)11-23-8-7-18(24)25/h1-6,9-11H,7-8H2,(H,24,25). The van der Waals surface area contributed by atoms with Crippen LogP contribution in [0.15, 0.2) is 53.5 Å². The van der Waals surface area contributed by atoms with Crippen molar-refractivity contribution in [3.05, 3.63) is 59.7 Å². The lowest BCUT2D eigenvalue weighted by atomic mass is 10.0. The number of carboxylic acid groups (broad SMARTS) is 1. The second-order valence-corrected chi connectivity index (χ2v) is 6.71. The molecule has 0 saturated heterocycles. The molecule has 0 aliphatic carbocycles. The molecule has 3 aromatic rings. The topological polar surface area (TPSA) is 49.7 Å². The monoisotopic (exact) mass is 377 g/mol. The van der Waals surface area contributed by atoms with E-state index in [4.69, 9.17) is 5.11 Å². The van der Waals surface area contributed by atoms with E-state index in [9.17, 15) is 18.0 Å². The Balaban J connectivity index is 1.92. The zero-order chi connectivity index (χ0) is 18.7. The molecule has 0 atom stereocenters. The summed E-state index contributed by atoms with van der Waals surface area (Å²) >= 11 is 1.30. The Morgan fingerprint density at radius 3 is 2.65 bits per heavy atom. The fourth-order valence-electron chi connectivity index (χ4n) is 2.55. The number of alkyl halides is 3. The Hall–Kier alpha value is -2.67. The molecule has 134 valence electrons. The number of thiophene rings is 1. The SMILES string of the molecule is O=C(O)CCN=Cc1ccc2sc(-c3ccccc3C(F)(F)F)cc2c1. The van der Waals surface area contributed by atoms with Gasteiger partial charge in [0.25, 0.3) is 0 Å². The van der Waals surface area contributed by atoms with E-state index >= 15 is 0 Å². The van der Waals surface area contributed by atoms with Crippen LogP contribution < -0.4 is 0 Å². The van der Waals surface area contributed by atoms with Gasteiger partial charge in [-0.05, 0) is 35.2 Å². The summed E-state index contributed by atoms with van der Waals surface area (Å²) < 4.78 is 40.6. The van der Waals surface area contributed by atoms with Crippen LogP contribution in [0.1, 0.15) is 17.5 Å². The lowest BCUT2D eigenvalue weighted by Gasteiger charge is -2.10. The van der Waals surface area contributed by atoms with Crippen molar-refractivity contribution in [1.29, 1.82) is 0 Å². The normalized spacial score (nSPS) is 12.1. The first-order valence-corrected chi connectivity index (χ1v) is 8.58. The summed E-state index contributed by atoms with van der Waals surface area (Å²) in [7, 11) is 0. The summed E-state index contributed by atoms with van der Waals surface area (Å²) in [6, 6.07) is 12.7. The number of carbonyl (C=O) groups is 1. The maximum absolute atomic E-state index is 13.2. The number of aliphatic imine (C=N–C) groups is 1. The van der Waals surface area contributed by atoms with Crippen LogP contribution in [0.4, 0.5) is 13.2 Å². The third kappa shape index (κ3) is 4.11. The molecule has 3 nitrogen and oxygen atoms in total. The molecule has 1 N–H and O–H groups in total. The van der Waals surface area contributed by atoms with E-state index in [0.29, 0.717) is 4.88 Å².